The average molecular weight is 328 g/mol. The zero-order chi connectivity index (χ0) is 15.0. The van der Waals surface area contributed by atoms with Crippen LogP contribution in [0.4, 0.5) is 10.1 Å². The monoisotopic (exact) mass is 327 g/mol. The van der Waals surface area contributed by atoms with Gasteiger partial charge in [0.25, 0.3) is 0 Å². The van der Waals surface area contributed by atoms with Crippen LogP contribution in [0.1, 0.15) is 5.69 Å². The number of alkyl halides is 1. The Bertz CT molecular complexity index is 832. The molecule has 2 aromatic heterocycles. The molecular formula is C12H7ClFN3O3S. The van der Waals surface area contributed by atoms with E-state index in [1.54, 1.807) is 10.6 Å². The summed E-state index contributed by atoms with van der Waals surface area (Å²) in [5, 5.41) is 12.8. The fourth-order valence-electron chi connectivity index (χ4n) is 1.84. The number of halogens is 2. The van der Waals surface area contributed by atoms with Crippen LogP contribution in [0.5, 0.6) is 11.6 Å². The minimum absolute atomic E-state index is 0.107. The molecule has 9 heteroatoms. The molecule has 1 aromatic carbocycles. The lowest BCUT2D eigenvalue weighted by atomic mass is 10.3. The predicted molar refractivity (Wildman–Crippen MR) is 75.8 cm³/mol. The Morgan fingerprint density at radius 3 is 3.05 bits per heavy atom. The number of thiazole rings is 1. The van der Waals surface area contributed by atoms with E-state index in [2.05, 4.69) is 4.98 Å². The van der Waals surface area contributed by atoms with Crippen molar-refractivity contribution in [3.63, 3.8) is 0 Å². The molecular weight excluding hydrogens is 321 g/mol. The maximum atomic E-state index is 13.3. The van der Waals surface area contributed by atoms with Gasteiger partial charge in [-0.15, -0.1) is 22.9 Å². The minimum atomic E-state index is -0.645. The highest BCUT2D eigenvalue weighted by Gasteiger charge is 2.21. The van der Waals surface area contributed by atoms with Crippen molar-refractivity contribution in [1.82, 2.24) is 9.38 Å². The first-order valence-corrected chi connectivity index (χ1v) is 7.13. The van der Waals surface area contributed by atoms with Crippen molar-refractivity contribution >= 4 is 33.6 Å². The van der Waals surface area contributed by atoms with Crippen LogP contribution >= 0.6 is 22.9 Å². The van der Waals surface area contributed by atoms with Crippen molar-refractivity contribution in [3.8, 4) is 11.6 Å². The summed E-state index contributed by atoms with van der Waals surface area (Å²) in [5.74, 6) is -0.609. The third kappa shape index (κ3) is 2.43. The molecule has 21 heavy (non-hydrogen) atoms. The number of ether oxygens (including phenoxy) is 1. The molecule has 0 bridgehead atoms. The molecule has 0 saturated carbocycles. The number of imidazole rings is 1. The molecule has 0 aliphatic carbocycles. The number of rotatable bonds is 4. The van der Waals surface area contributed by atoms with Crippen LogP contribution in [0.25, 0.3) is 4.96 Å². The fourth-order valence-corrected chi connectivity index (χ4v) is 2.81. The first kappa shape index (κ1) is 13.8. The van der Waals surface area contributed by atoms with Gasteiger partial charge in [-0.05, 0) is 6.07 Å². The lowest BCUT2D eigenvalue weighted by molar-refractivity contribution is -0.385. The second-order valence-electron chi connectivity index (χ2n) is 4.02. The number of hydrogen-bond donors (Lipinski definition) is 0. The molecule has 0 N–H and O–H groups in total. The van der Waals surface area contributed by atoms with Gasteiger partial charge < -0.3 is 4.74 Å². The number of aromatic nitrogens is 2. The molecule has 0 amide bonds. The second kappa shape index (κ2) is 5.30. The highest BCUT2D eigenvalue weighted by molar-refractivity contribution is 7.15. The van der Waals surface area contributed by atoms with Gasteiger partial charge in [0.05, 0.1) is 10.8 Å². The SMILES string of the molecule is O=[N+]([O-])c1ccc(F)cc1Oc1nc2sccn2c1CCl. The third-order valence-electron chi connectivity index (χ3n) is 2.78. The van der Waals surface area contributed by atoms with Gasteiger partial charge in [0.2, 0.25) is 11.6 Å². The van der Waals surface area contributed by atoms with E-state index < -0.39 is 10.7 Å². The van der Waals surface area contributed by atoms with Crippen LogP contribution < -0.4 is 4.74 Å². The van der Waals surface area contributed by atoms with Gasteiger partial charge in [0.1, 0.15) is 11.5 Å². The van der Waals surface area contributed by atoms with E-state index in [4.69, 9.17) is 16.3 Å². The van der Waals surface area contributed by atoms with Crippen LogP contribution in [-0.4, -0.2) is 14.3 Å². The standard InChI is InChI=1S/C12H7ClFN3O3S/c13-6-9-11(15-12-16(9)3-4-21-12)20-10-5-7(14)1-2-8(10)17(18)19/h1-5H,6H2. The molecule has 0 spiro atoms. The number of hydrogen-bond acceptors (Lipinski definition) is 5. The number of nitro benzene ring substituents is 1. The number of fused-ring (bicyclic) bond motifs is 1. The van der Waals surface area contributed by atoms with Gasteiger partial charge in [-0.2, -0.15) is 4.98 Å². The summed E-state index contributed by atoms with van der Waals surface area (Å²) >= 11 is 7.23. The molecule has 0 fully saturated rings. The summed E-state index contributed by atoms with van der Waals surface area (Å²) in [4.78, 5) is 15.1. The zero-order valence-corrected chi connectivity index (χ0v) is 11.9. The summed E-state index contributed by atoms with van der Waals surface area (Å²) in [6.07, 6.45) is 1.76. The molecule has 6 nitrogen and oxygen atoms in total. The van der Waals surface area contributed by atoms with Crippen molar-refractivity contribution in [2.75, 3.05) is 0 Å². The molecule has 2 heterocycles. The van der Waals surface area contributed by atoms with Crippen molar-refractivity contribution < 1.29 is 14.1 Å². The largest absolute Gasteiger partial charge is 0.430 e. The average Bonchev–Trinajstić information content (AvgIpc) is 2.98. The Labute approximate surface area is 126 Å². The van der Waals surface area contributed by atoms with Gasteiger partial charge in [-0.25, -0.2) is 4.39 Å². The molecule has 0 saturated heterocycles. The van der Waals surface area contributed by atoms with Crippen molar-refractivity contribution in [1.29, 1.82) is 0 Å². The van der Waals surface area contributed by atoms with Crippen LogP contribution in [-0.2, 0) is 5.88 Å². The van der Waals surface area contributed by atoms with Gasteiger partial charge >= 0.3 is 5.69 Å². The van der Waals surface area contributed by atoms with Crippen LogP contribution in [0.15, 0.2) is 29.8 Å². The third-order valence-corrected chi connectivity index (χ3v) is 3.79. The second-order valence-corrected chi connectivity index (χ2v) is 5.16. The molecule has 0 atom stereocenters. The Morgan fingerprint density at radius 1 is 1.52 bits per heavy atom. The Balaban J connectivity index is 2.07. The highest BCUT2D eigenvalue weighted by Crippen LogP contribution is 2.34. The van der Waals surface area contributed by atoms with E-state index >= 15 is 0 Å². The maximum Gasteiger partial charge on any atom is 0.311 e. The van der Waals surface area contributed by atoms with Crippen molar-refractivity contribution in [2.24, 2.45) is 0 Å². The fraction of sp³-hybridized carbons (Fsp3) is 0.0833. The Kier molecular flexibility index (Phi) is 3.48. The molecule has 3 rings (SSSR count). The van der Waals surface area contributed by atoms with E-state index in [1.807, 2.05) is 5.38 Å². The molecule has 3 aromatic rings. The topological polar surface area (TPSA) is 69.7 Å². The van der Waals surface area contributed by atoms with E-state index in [1.165, 1.54) is 11.3 Å². The zero-order valence-electron chi connectivity index (χ0n) is 10.3. The van der Waals surface area contributed by atoms with Gasteiger partial charge in [0, 0.05) is 23.7 Å². The molecule has 0 aliphatic rings. The normalized spacial score (nSPS) is 11.0. The van der Waals surface area contributed by atoms with E-state index in [0.717, 1.165) is 18.2 Å². The molecule has 0 aliphatic heterocycles. The number of nitrogens with zero attached hydrogens (tertiary/aromatic N) is 3. The summed E-state index contributed by atoms with van der Waals surface area (Å²) in [6.45, 7) is 0. The summed E-state index contributed by atoms with van der Waals surface area (Å²) in [7, 11) is 0. The van der Waals surface area contributed by atoms with Crippen LogP contribution in [0, 0.1) is 15.9 Å². The van der Waals surface area contributed by atoms with Crippen molar-refractivity contribution in [3.05, 3.63) is 51.4 Å². The lowest BCUT2D eigenvalue weighted by Crippen LogP contribution is -1.96. The molecule has 0 radical (unpaired) electrons. The summed E-state index contributed by atoms with van der Waals surface area (Å²) in [6, 6.07) is 2.99. The Morgan fingerprint density at radius 2 is 2.33 bits per heavy atom. The summed E-state index contributed by atoms with van der Waals surface area (Å²) in [5.41, 5.74) is 0.208. The first-order valence-electron chi connectivity index (χ1n) is 5.72. The Hall–Kier alpha value is -2.19. The van der Waals surface area contributed by atoms with E-state index in [-0.39, 0.29) is 23.2 Å². The number of nitro groups is 1. The van der Waals surface area contributed by atoms with E-state index in [9.17, 15) is 14.5 Å². The van der Waals surface area contributed by atoms with Gasteiger partial charge in [-0.3, -0.25) is 14.5 Å². The van der Waals surface area contributed by atoms with Crippen LogP contribution in [0.3, 0.4) is 0 Å². The summed E-state index contributed by atoms with van der Waals surface area (Å²) < 4.78 is 20.4. The van der Waals surface area contributed by atoms with Crippen molar-refractivity contribution in [2.45, 2.75) is 5.88 Å². The number of benzene rings is 1. The first-order chi connectivity index (χ1) is 10.1. The van der Waals surface area contributed by atoms with E-state index in [0.29, 0.717) is 10.7 Å². The smallest absolute Gasteiger partial charge is 0.311 e. The van der Waals surface area contributed by atoms with Crippen LogP contribution in [0.2, 0.25) is 0 Å². The maximum absolute atomic E-state index is 13.3. The highest BCUT2D eigenvalue weighted by atomic mass is 35.5. The van der Waals surface area contributed by atoms with Gasteiger partial charge in [-0.1, -0.05) is 0 Å². The molecule has 0 unspecified atom stereocenters. The minimum Gasteiger partial charge on any atom is -0.430 e. The quantitative estimate of drug-likeness (QED) is 0.413. The van der Waals surface area contributed by atoms with Gasteiger partial charge in [0.15, 0.2) is 4.96 Å². The lowest BCUT2D eigenvalue weighted by Gasteiger charge is -2.05. The predicted octanol–water partition coefficient (Wildman–Crippen LogP) is 3.97. The molecule has 108 valence electrons.